The number of amides is 1. The van der Waals surface area contributed by atoms with Gasteiger partial charge in [0.25, 0.3) is 5.91 Å². The van der Waals surface area contributed by atoms with Crippen LogP contribution in [-0.2, 0) is 4.79 Å². The molecule has 18 heavy (non-hydrogen) atoms. The first-order valence-electron chi connectivity index (χ1n) is 5.83. The predicted octanol–water partition coefficient (Wildman–Crippen LogP) is 2.17. The molecule has 1 fully saturated rings. The van der Waals surface area contributed by atoms with Crippen LogP contribution in [0, 0.1) is 5.92 Å². The van der Waals surface area contributed by atoms with E-state index in [1.165, 1.54) is 12.8 Å². The first-order valence-corrected chi connectivity index (χ1v) is 6.62. The van der Waals surface area contributed by atoms with Crippen LogP contribution in [0.3, 0.4) is 0 Å². The smallest absolute Gasteiger partial charge is 0.257 e. The van der Waals surface area contributed by atoms with Gasteiger partial charge in [0.2, 0.25) is 0 Å². The molecule has 1 amide bonds. The molecule has 1 N–H and O–H groups in total. The third kappa shape index (κ3) is 3.84. The number of halogens is 1. The Morgan fingerprint density at radius 3 is 2.94 bits per heavy atom. The zero-order valence-corrected chi connectivity index (χ0v) is 11.4. The van der Waals surface area contributed by atoms with Crippen LogP contribution in [0.1, 0.15) is 23.2 Å². The predicted molar refractivity (Wildman–Crippen MR) is 70.8 cm³/mol. The molecule has 0 unspecified atom stereocenters. The number of carbonyl (C=O) groups is 2. The number of ether oxygens (including phenoxy) is 1. The second-order valence-electron chi connectivity index (χ2n) is 4.34. The van der Waals surface area contributed by atoms with Crippen LogP contribution in [0.5, 0.6) is 5.75 Å². The molecular weight excluding hydrogens is 298 g/mol. The van der Waals surface area contributed by atoms with Crippen molar-refractivity contribution in [3.63, 3.8) is 0 Å². The third-order valence-corrected chi connectivity index (χ3v) is 3.47. The summed E-state index contributed by atoms with van der Waals surface area (Å²) in [5, 5.41) is 2.81. The normalized spacial score (nSPS) is 14.1. The first kappa shape index (κ1) is 13.1. The monoisotopic (exact) mass is 311 g/mol. The van der Waals surface area contributed by atoms with E-state index in [-0.39, 0.29) is 12.5 Å². The zero-order valence-electron chi connectivity index (χ0n) is 9.82. The lowest BCUT2D eigenvalue weighted by Crippen LogP contribution is -2.30. The van der Waals surface area contributed by atoms with Gasteiger partial charge in [-0.3, -0.25) is 9.59 Å². The fraction of sp³-hybridized carbons (Fsp3) is 0.385. The molecule has 4 nitrogen and oxygen atoms in total. The average Bonchev–Trinajstić information content (AvgIpc) is 3.19. The van der Waals surface area contributed by atoms with E-state index in [1.54, 1.807) is 18.2 Å². The van der Waals surface area contributed by atoms with E-state index < -0.39 is 0 Å². The minimum absolute atomic E-state index is 0.0212. The summed E-state index contributed by atoms with van der Waals surface area (Å²) in [6.45, 7) is 0.717. The lowest BCUT2D eigenvalue weighted by molar-refractivity contribution is -0.123. The van der Waals surface area contributed by atoms with Gasteiger partial charge in [0.1, 0.15) is 5.75 Å². The third-order valence-electron chi connectivity index (χ3n) is 2.75. The van der Waals surface area contributed by atoms with Crippen LogP contribution in [0.15, 0.2) is 22.7 Å². The first-order chi connectivity index (χ1) is 8.69. The number of carbonyl (C=O) groups excluding carboxylic acids is 2. The van der Waals surface area contributed by atoms with Gasteiger partial charge in [-0.05, 0) is 37.0 Å². The largest absolute Gasteiger partial charge is 0.484 e. The Morgan fingerprint density at radius 1 is 1.50 bits per heavy atom. The molecule has 0 aromatic heterocycles. The van der Waals surface area contributed by atoms with E-state index in [0.29, 0.717) is 21.7 Å². The van der Waals surface area contributed by atoms with E-state index in [2.05, 4.69) is 21.2 Å². The van der Waals surface area contributed by atoms with Gasteiger partial charge in [-0.1, -0.05) is 15.9 Å². The van der Waals surface area contributed by atoms with Crippen LogP contribution in [0.2, 0.25) is 0 Å². The minimum Gasteiger partial charge on any atom is -0.484 e. The van der Waals surface area contributed by atoms with Crippen molar-refractivity contribution in [2.75, 3.05) is 13.2 Å². The topological polar surface area (TPSA) is 55.4 Å². The molecule has 2 rings (SSSR count). The van der Waals surface area contributed by atoms with E-state index in [0.717, 1.165) is 12.8 Å². The Balaban J connectivity index is 1.81. The van der Waals surface area contributed by atoms with Gasteiger partial charge in [-0.2, -0.15) is 0 Å². The van der Waals surface area contributed by atoms with Crippen molar-refractivity contribution in [1.29, 1.82) is 0 Å². The molecule has 5 heteroatoms. The van der Waals surface area contributed by atoms with Crippen molar-refractivity contribution in [2.45, 2.75) is 12.8 Å². The highest BCUT2D eigenvalue weighted by molar-refractivity contribution is 9.10. The number of benzene rings is 1. The zero-order chi connectivity index (χ0) is 13.0. The number of hydrogen-bond acceptors (Lipinski definition) is 3. The molecular formula is C13H14BrNO3. The summed E-state index contributed by atoms with van der Waals surface area (Å²) in [4.78, 5) is 22.2. The summed E-state index contributed by atoms with van der Waals surface area (Å²) in [5.41, 5.74) is 0.505. The quantitative estimate of drug-likeness (QED) is 0.819. The average molecular weight is 312 g/mol. The van der Waals surface area contributed by atoms with Crippen LogP contribution in [-0.4, -0.2) is 25.3 Å². The van der Waals surface area contributed by atoms with Crippen molar-refractivity contribution in [3.8, 4) is 5.75 Å². The van der Waals surface area contributed by atoms with Crippen molar-refractivity contribution in [3.05, 3.63) is 28.2 Å². The van der Waals surface area contributed by atoms with Gasteiger partial charge in [0.05, 0.1) is 0 Å². The van der Waals surface area contributed by atoms with E-state index >= 15 is 0 Å². The maximum atomic E-state index is 11.5. The number of nitrogens with one attached hydrogen (secondary N) is 1. The lowest BCUT2D eigenvalue weighted by atomic mass is 10.2. The molecule has 0 aliphatic heterocycles. The van der Waals surface area contributed by atoms with Gasteiger partial charge < -0.3 is 10.1 Å². The number of hydrogen-bond donors (Lipinski definition) is 1. The Kier molecular flexibility index (Phi) is 4.36. The lowest BCUT2D eigenvalue weighted by Gasteiger charge is -2.08. The van der Waals surface area contributed by atoms with Crippen molar-refractivity contribution in [1.82, 2.24) is 5.32 Å². The standard InChI is InChI=1S/C13H14BrNO3/c14-12-4-3-11(5-10(12)7-16)18-8-13(17)15-6-9-1-2-9/h3-5,7,9H,1-2,6,8H2,(H,15,17). The fourth-order valence-corrected chi connectivity index (χ4v) is 1.82. The van der Waals surface area contributed by atoms with Crippen molar-refractivity contribution in [2.24, 2.45) is 5.92 Å². The highest BCUT2D eigenvalue weighted by Gasteiger charge is 2.21. The van der Waals surface area contributed by atoms with Gasteiger partial charge in [0.15, 0.2) is 12.9 Å². The van der Waals surface area contributed by atoms with Crippen molar-refractivity contribution < 1.29 is 14.3 Å². The summed E-state index contributed by atoms with van der Waals surface area (Å²) in [6.07, 6.45) is 3.15. The van der Waals surface area contributed by atoms with Gasteiger partial charge in [0, 0.05) is 16.6 Å². The molecule has 0 atom stereocenters. The molecule has 1 aromatic carbocycles. The molecule has 0 spiro atoms. The maximum Gasteiger partial charge on any atom is 0.257 e. The molecule has 0 saturated heterocycles. The van der Waals surface area contributed by atoms with Gasteiger partial charge >= 0.3 is 0 Å². The van der Waals surface area contributed by atoms with Crippen LogP contribution < -0.4 is 10.1 Å². The summed E-state index contributed by atoms with van der Waals surface area (Å²) in [5.74, 6) is 1.04. The molecule has 1 saturated carbocycles. The number of aldehydes is 1. The second-order valence-corrected chi connectivity index (χ2v) is 5.19. The van der Waals surface area contributed by atoms with E-state index in [4.69, 9.17) is 4.74 Å². The maximum absolute atomic E-state index is 11.5. The second kappa shape index (κ2) is 6.00. The molecule has 1 aliphatic carbocycles. The van der Waals surface area contributed by atoms with Gasteiger partial charge in [-0.15, -0.1) is 0 Å². The molecule has 1 aliphatic rings. The van der Waals surface area contributed by atoms with E-state index in [9.17, 15) is 9.59 Å². The van der Waals surface area contributed by atoms with Crippen LogP contribution >= 0.6 is 15.9 Å². The Morgan fingerprint density at radius 2 is 2.28 bits per heavy atom. The summed E-state index contributed by atoms with van der Waals surface area (Å²) in [7, 11) is 0. The molecule has 0 radical (unpaired) electrons. The summed E-state index contributed by atoms with van der Waals surface area (Å²) >= 11 is 3.25. The summed E-state index contributed by atoms with van der Waals surface area (Å²) in [6, 6.07) is 5.04. The number of rotatable bonds is 6. The minimum atomic E-state index is -0.127. The van der Waals surface area contributed by atoms with Crippen LogP contribution in [0.4, 0.5) is 0 Å². The van der Waals surface area contributed by atoms with Crippen LogP contribution in [0.25, 0.3) is 0 Å². The summed E-state index contributed by atoms with van der Waals surface area (Å²) < 4.78 is 6.04. The Bertz CT molecular complexity index is 458. The highest BCUT2D eigenvalue weighted by Crippen LogP contribution is 2.27. The molecule has 0 heterocycles. The molecule has 96 valence electrons. The Hall–Kier alpha value is -1.36. The Labute approximate surface area is 114 Å². The highest BCUT2D eigenvalue weighted by atomic mass is 79.9. The fourth-order valence-electron chi connectivity index (χ4n) is 1.48. The SMILES string of the molecule is O=Cc1cc(OCC(=O)NCC2CC2)ccc1Br. The van der Waals surface area contributed by atoms with E-state index in [1.807, 2.05) is 0 Å². The van der Waals surface area contributed by atoms with Gasteiger partial charge in [-0.25, -0.2) is 0 Å². The van der Waals surface area contributed by atoms with Crippen molar-refractivity contribution >= 4 is 28.1 Å². The molecule has 1 aromatic rings. The molecule has 0 bridgehead atoms.